The number of phenolic OH excluding ortho intramolecular Hbond substituents is 2. The number of alkyl halides is 3. The van der Waals surface area contributed by atoms with Gasteiger partial charge < -0.3 is 10.2 Å². The van der Waals surface area contributed by atoms with Crippen LogP contribution >= 0.6 is 0 Å². The molecule has 30 heavy (non-hydrogen) atoms. The fourth-order valence-electron chi connectivity index (χ4n) is 3.05. The number of aromatic hydroxyl groups is 2. The maximum absolute atomic E-state index is 10.7. The van der Waals surface area contributed by atoms with Crippen molar-refractivity contribution in [2.24, 2.45) is 0 Å². The molecule has 0 heterocycles. The summed E-state index contributed by atoms with van der Waals surface area (Å²) in [5.74, 6) is 0.343. The minimum absolute atomic E-state index is 0.172. The van der Waals surface area contributed by atoms with E-state index in [-0.39, 0.29) is 11.5 Å². The van der Waals surface area contributed by atoms with Crippen LogP contribution in [0.4, 0.5) is 13.2 Å². The van der Waals surface area contributed by atoms with Crippen LogP contribution in [0.15, 0.2) is 72.8 Å². The van der Waals surface area contributed by atoms with E-state index in [2.05, 4.69) is 0 Å². The molecular weight excluding hydrogens is 421 g/mol. The lowest BCUT2D eigenvalue weighted by Gasteiger charge is -2.14. The molecule has 0 aliphatic carbocycles. The Hall–Kier alpha value is -3.30. The Balaban J connectivity index is 0.000000275. The zero-order valence-electron chi connectivity index (χ0n) is 15.1. The number of fused-ring (bicyclic) bond motifs is 2. The molecule has 4 rings (SSSR count). The molecular formula is C21H15F3O5S. The molecule has 0 atom stereocenters. The van der Waals surface area contributed by atoms with Gasteiger partial charge in [-0.1, -0.05) is 60.7 Å². The third-order valence-electron chi connectivity index (χ3n) is 4.36. The smallest absolute Gasteiger partial charge is 0.507 e. The van der Waals surface area contributed by atoms with Crippen LogP contribution in [0.3, 0.4) is 0 Å². The molecule has 3 N–H and O–H groups in total. The van der Waals surface area contributed by atoms with Gasteiger partial charge in [0.25, 0.3) is 0 Å². The minimum Gasteiger partial charge on any atom is -0.507 e. The Morgan fingerprint density at radius 2 is 0.967 bits per heavy atom. The molecule has 0 saturated heterocycles. The predicted molar refractivity (Wildman–Crippen MR) is 108 cm³/mol. The summed E-state index contributed by atoms with van der Waals surface area (Å²) < 4.78 is 57.5. The van der Waals surface area contributed by atoms with E-state index in [4.69, 9.17) is 13.0 Å². The largest absolute Gasteiger partial charge is 0.522 e. The van der Waals surface area contributed by atoms with Gasteiger partial charge in [0.1, 0.15) is 11.5 Å². The number of rotatable bonds is 1. The lowest BCUT2D eigenvalue weighted by Crippen LogP contribution is -2.21. The Morgan fingerprint density at radius 1 is 0.633 bits per heavy atom. The van der Waals surface area contributed by atoms with Crippen LogP contribution in [-0.2, 0) is 10.1 Å². The van der Waals surface area contributed by atoms with Gasteiger partial charge in [0.15, 0.2) is 0 Å². The lowest BCUT2D eigenvalue weighted by atomic mass is 9.92. The predicted octanol–water partition coefficient (Wildman–Crippen LogP) is 5.47. The van der Waals surface area contributed by atoms with Crippen LogP contribution in [0.2, 0.25) is 0 Å². The lowest BCUT2D eigenvalue weighted by molar-refractivity contribution is -0.0510. The van der Waals surface area contributed by atoms with Crippen LogP contribution < -0.4 is 0 Å². The van der Waals surface area contributed by atoms with E-state index in [9.17, 15) is 23.4 Å². The monoisotopic (exact) mass is 436 g/mol. The van der Waals surface area contributed by atoms with Crippen molar-refractivity contribution in [3.63, 3.8) is 0 Å². The number of hydrogen-bond acceptors (Lipinski definition) is 4. The summed E-state index contributed by atoms with van der Waals surface area (Å²) in [7, 11) is -5.84. The maximum atomic E-state index is 10.7. The van der Waals surface area contributed by atoms with Crippen molar-refractivity contribution in [3.05, 3.63) is 72.8 Å². The average Bonchev–Trinajstić information content (AvgIpc) is 2.68. The molecule has 5 nitrogen and oxygen atoms in total. The number of phenols is 2. The summed E-state index contributed by atoms with van der Waals surface area (Å²) in [6.07, 6.45) is 0. The Bertz CT molecular complexity index is 1250. The van der Waals surface area contributed by atoms with Gasteiger partial charge in [0.05, 0.1) is 0 Å². The van der Waals surface area contributed by atoms with Crippen molar-refractivity contribution in [2.45, 2.75) is 5.51 Å². The molecule has 0 bridgehead atoms. The minimum atomic E-state index is -5.84. The molecule has 0 unspecified atom stereocenters. The van der Waals surface area contributed by atoms with Gasteiger partial charge in [0.2, 0.25) is 0 Å². The second-order valence-electron chi connectivity index (χ2n) is 6.28. The second kappa shape index (κ2) is 7.85. The highest BCUT2D eigenvalue weighted by molar-refractivity contribution is 7.86. The van der Waals surface area contributed by atoms with Crippen molar-refractivity contribution in [1.29, 1.82) is 0 Å². The molecule has 0 fully saturated rings. The molecule has 4 aromatic rings. The highest BCUT2D eigenvalue weighted by atomic mass is 32.2. The zero-order valence-corrected chi connectivity index (χ0v) is 15.9. The van der Waals surface area contributed by atoms with Gasteiger partial charge in [-0.15, -0.1) is 0 Å². The quantitative estimate of drug-likeness (QED) is 0.272. The molecule has 0 aromatic heterocycles. The van der Waals surface area contributed by atoms with Gasteiger partial charge >= 0.3 is 15.6 Å². The van der Waals surface area contributed by atoms with Crippen molar-refractivity contribution in [1.82, 2.24) is 0 Å². The summed E-state index contributed by atoms with van der Waals surface area (Å²) in [5, 5.41) is 24.8. The maximum Gasteiger partial charge on any atom is 0.522 e. The van der Waals surface area contributed by atoms with Crippen molar-refractivity contribution < 1.29 is 36.4 Å². The van der Waals surface area contributed by atoms with E-state index in [0.29, 0.717) is 11.1 Å². The Labute approximate surface area is 169 Å². The topological polar surface area (TPSA) is 94.8 Å². The first-order valence-electron chi connectivity index (χ1n) is 8.46. The Morgan fingerprint density at radius 3 is 1.30 bits per heavy atom. The summed E-state index contributed by atoms with van der Waals surface area (Å²) in [5.41, 5.74) is -4.19. The molecule has 0 aliphatic heterocycles. The van der Waals surface area contributed by atoms with Crippen LogP contribution in [-0.4, -0.2) is 28.7 Å². The van der Waals surface area contributed by atoms with Gasteiger partial charge in [0, 0.05) is 11.1 Å². The van der Waals surface area contributed by atoms with Crippen molar-refractivity contribution in [2.75, 3.05) is 0 Å². The van der Waals surface area contributed by atoms with E-state index in [1.54, 1.807) is 12.1 Å². The molecule has 0 spiro atoms. The summed E-state index contributed by atoms with van der Waals surface area (Å²) >= 11 is 0. The van der Waals surface area contributed by atoms with Crippen LogP contribution in [0.1, 0.15) is 0 Å². The van der Waals surface area contributed by atoms with Gasteiger partial charge in [-0.25, -0.2) is 0 Å². The first kappa shape index (κ1) is 21.4. The molecule has 4 aromatic carbocycles. The fourth-order valence-corrected chi connectivity index (χ4v) is 3.05. The first-order chi connectivity index (χ1) is 14.0. The molecule has 9 heteroatoms. The van der Waals surface area contributed by atoms with Gasteiger partial charge in [-0.3, -0.25) is 4.55 Å². The van der Waals surface area contributed by atoms with E-state index >= 15 is 0 Å². The average molecular weight is 436 g/mol. The second-order valence-corrected chi connectivity index (χ2v) is 7.70. The first-order valence-corrected chi connectivity index (χ1v) is 9.90. The van der Waals surface area contributed by atoms with Gasteiger partial charge in [-0.05, 0) is 33.7 Å². The van der Waals surface area contributed by atoms with Crippen LogP contribution in [0, 0.1) is 0 Å². The van der Waals surface area contributed by atoms with E-state index in [0.717, 1.165) is 21.5 Å². The summed E-state index contributed by atoms with van der Waals surface area (Å²) in [6, 6.07) is 22.9. The SMILES string of the molecule is O=S(=O)(O)C(F)(F)F.Oc1ccc2ccccc2c1-c1c(O)ccc2ccccc12. The van der Waals surface area contributed by atoms with E-state index in [1.807, 2.05) is 60.7 Å². The standard InChI is InChI=1S/C20H14O2.CHF3O3S/c21-17-11-9-13-5-1-3-7-15(13)19(17)20-16-8-4-2-6-14(16)10-12-18(20)22;2-1(3,4)8(5,6)7/h1-12,21-22H;(H,5,6,7). The highest BCUT2D eigenvalue weighted by Gasteiger charge is 2.44. The number of hydrogen-bond donors (Lipinski definition) is 3. The molecule has 0 radical (unpaired) electrons. The molecule has 156 valence electrons. The third kappa shape index (κ3) is 4.17. The summed E-state index contributed by atoms with van der Waals surface area (Å²) in [6.45, 7) is 0. The molecule has 0 aliphatic rings. The molecule has 0 saturated carbocycles. The van der Waals surface area contributed by atoms with E-state index < -0.39 is 15.6 Å². The highest BCUT2D eigenvalue weighted by Crippen LogP contribution is 2.44. The van der Waals surface area contributed by atoms with Crippen molar-refractivity contribution in [3.8, 4) is 22.6 Å². The summed E-state index contributed by atoms with van der Waals surface area (Å²) in [4.78, 5) is 0. The number of halogens is 3. The van der Waals surface area contributed by atoms with Crippen LogP contribution in [0.25, 0.3) is 32.7 Å². The van der Waals surface area contributed by atoms with Crippen molar-refractivity contribution >= 4 is 31.7 Å². The fraction of sp³-hybridized carbons (Fsp3) is 0.0476. The third-order valence-corrected chi connectivity index (χ3v) is 4.94. The number of benzene rings is 4. The normalized spacial score (nSPS) is 11.9. The van der Waals surface area contributed by atoms with Crippen LogP contribution in [0.5, 0.6) is 11.5 Å². The zero-order chi connectivity index (χ0) is 22.1. The Kier molecular flexibility index (Phi) is 5.60. The van der Waals surface area contributed by atoms with E-state index in [1.165, 1.54) is 0 Å². The van der Waals surface area contributed by atoms with Gasteiger partial charge in [-0.2, -0.15) is 21.6 Å². The molecule has 0 amide bonds.